The van der Waals surface area contributed by atoms with Crippen molar-refractivity contribution >= 4 is 5.97 Å². The van der Waals surface area contributed by atoms with Gasteiger partial charge in [0.15, 0.2) is 0 Å². The second kappa shape index (κ2) is 6.36. The number of hydrogen-bond acceptors (Lipinski definition) is 3. The molecule has 2 atom stereocenters. The molecule has 0 saturated carbocycles. The number of ether oxygens (including phenoxy) is 1. The Hall–Kier alpha value is -0.610. The first-order chi connectivity index (χ1) is 8.06. The maximum Gasteiger partial charge on any atom is 0.324 e. The molecule has 100 valence electrons. The van der Waals surface area contributed by atoms with Crippen molar-refractivity contribution in [3.63, 3.8) is 0 Å². The van der Waals surface area contributed by atoms with Crippen LogP contribution in [0.5, 0.6) is 0 Å². The first-order valence-corrected chi connectivity index (χ1v) is 6.54. The second-order valence-corrected chi connectivity index (χ2v) is 5.20. The van der Waals surface area contributed by atoms with Crippen molar-refractivity contribution in [3.8, 4) is 0 Å². The van der Waals surface area contributed by atoms with Gasteiger partial charge < -0.3 is 9.84 Å². The molecular formula is C13H25NO3. The standard InChI is InChI=1S/C13H25NO3/c1-4-6-13(12(15)16)7-5-8-14(13)9-11(2)10-17-3/h11H,4-10H2,1-3H3,(H,15,16). The number of rotatable bonds is 7. The molecule has 1 N–H and O–H groups in total. The lowest BCUT2D eigenvalue weighted by Gasteiger charge is -2.36. The number of likely N-dealkylation sites (tertiary alicyclic amines) is 1. The highest BCUT2D eigenvalue weighted by atomic mass is 16.5. The van der Waals surface area contributed by atoms with Gasteiger partial charge in [-0.25, -0.2) is 0 Å². The molecule has 0 spiro atoms. The third-order valence-corrected chi connectivity index (χ3v) is 3.67. The highest BCUT2D eigenvalue weighted by Crippen LogP contribution is 2.34. The van der Waals surface area contributed by atoms with Gasteiger partial charge in [-0.05, 0) is 31.7 Å². The fourth-order valence-electron chi connectivity index (χ4n) is 2.96. The van der Waals surface area contributed by atoms with Crippen LogP contribution in [0, 0.1) is 5.92 Å². The summed E-state index contributed by atoms with van der Waals surface area (Å²) >= 11 is 0. The molecule has 1 aliphatic rings. The number of nitrogens with zero attached hydrogens (tertiary/aromatic N) is 1. The van der Waals surface area contributed by atoms with Gasteiger partial charge in [0.2, 0.25) is 0 Å². The van der Waals surface area contributed by atoms with Crippen molar-refractivity contribution in [1.82, 2.24) is 4.90 Å². The molecule has 0 aliphatic carbocycles. The van der Waals surface area contributed by atoms with Crippen molar-refractivity contribution in [3.05, 3.63) is 0 Å². The lowest BCUT2D eigenvalue weighted by atomic mass is 9.90. The summed E-state index contributed by atoms with van der Waals surface area (Å²) in [5.41, 5.74) is -0.614. The van der Waals surface area contributed by atoms with Crippen molar-refractivity contribution in [1.29, 1.82) is 0 Å². The molecule has 0 radical (unpaired) electrons. The molecule has 1 saturated heterocycles. The van der Waals surface area contributed by atoms with Gasteiger partial charge in [-0.2, -0.15) is 0 Å². The monoisotopic (exact) mass is 243 g/mol. The van der Waals surface area contributed by atoms with Crippen LogP contribution < -0.4 is 0 Å². The van der Waals surface area contributed by atoms with Crippen LogP contribution in [0.25, 0.3) is 0 Å². The number of carbonyl (C=O) groups is 1. The Balaban J connectivity index is 2.71. The molecule has 17 heavy (non-hydrogen) atoms. The molecule has 0 aromatic rings. The molecular weight excluding hydrogens is 218 g/mol. The van der Waals surface area contributed by atoms with Gasteiger partial charge in [0.25, 0.3) is 0 Å². The number of carboxylic acid groups (broad SMARTS) is 1. The van der Waals surface area contributed by atoms with Crippen molar-refractivity contribution in [2.24, 2.45) is 5.92 Å². The van der Waals surface area contributed by atoms with Crippen LogP contribution in [-0.4, -0.2) is 48.3 Å². The quantitative estimate of drug-likeness (QED) is 0.743. The summed E-state index contributed by atoms with van der Waals surface area (Å²) < 4.78 is 5.13. The minimum absolute atomic E-state index is 0.383. The molecule has 0 bridgehead atoms. The molecule has 1 aliphatic heterocycles. The number of aliphatic carboxylic acids is 1. The van der Waals surface area contributed by atoms with E-state index >= 15 is 0 Å². The van der Waals surface area contributed by atoms with E-state index in [-0.39, 0.29) is 0 Å². The minimum Gasteiger partial charge on any atom is -0.480 e. The van der Waals surface area contributed by atoms with Gasteiger partial charge in [0.05, 0.1) is 0 Å². The van der Waals surface area contributed by atoms with Crippen LogP contribution in [0.1, 0.15) is 39.5 Å². The fraction of sp³-hybridized carbons (Fsp3) is 0.923. The molecule has 4 heteroatoms. The summed E-state index contributed by atoms with van der Waals surface area (Å²) in [6.07, 6.45) is 3.45. The second-order valence-electron chi connectivity index (χ2n) is 5.20. The summed E-state index contributed by atoms with van der Waals surface area (Å²) in [7, 11) is 1.69. The molecule has 1 heterocycles. The molecule has 1 rings (SSSR count). The van der Waals surface area contributed by atoms with Gasteiger partial charge in [0.1, 0.15) is 5.54 Å². The smallest absolute Gasteiger partial charge is 0.324 e. The number of hydrogen-bond donors (Lipinski definition) is 1. The lowest BCUT2D eigenvalue weighted by Crippen LogP contribution is -2.52. The van der Waals surface area contributed by atoms with Crippen molar-refractivity contribution in [2.75, 3.05) is 26.8 Å². The number of carboxylic acids is 1. The van der Waals surface area contributed by atoms with E-state index in [0.717, 1.165) is 38.8 Å². The SMILES string of the molecule is CCCC1(C(=O)O)CCCN1CC(C)COC. The molecule has 2 unspecified atom stereocenters. The summed E-state index contributed by atoms with van der Waals surface area (Å²) in [6, 6.07) is 0. The lowest BCUT2D eigenvalue weighted by molar-refractivity contribution is -0.150. The van der Waals surface area contributed by atoms with Crippen LogP contribution in [0.2, 0.25) is 0 Å². The van der Waals surface area contributed by atoms with Crippen molar-refractivity contribution in [2.45, 2.75) is 45.1 Å². The van der Waals surface area contributed by atoms with Crippen LogP contribution in [0.4, 0.5) is 0 Å². The highest BCUT2D eigenvalue weighted by molar-refractivity contribution is 5.79. The van der Waals surface area contributed by atoms with E-state index in [4.69, 9.17) is 4.74 Å². The average Bonchev–Trinajstić information content (AvgIpc) is 2.63. The largest absolute Gasteiger partial charge is 0.480 e. The van der Waals surface area contributed by atoms with Gasteiger partial charge in [0, 0.05) is 20.3 Å². The van der Waals surface area contributed by atoms with Crippen LogP contribution in [-0.2, 0) is 9.53 Å². The van der Waals surface area contributed by atoms with E-state index in [1.54, 1.807) is 7.11 Å². The zero-order valence-electron chi connectivity index (χ0n) is 11.2. The van der Waals surface area contributed by atoms with E-state index < -0.39 is 11.5 Å². The molecule has 4 nitrogen and oxygen atoms in total. The molecule has 1 fully saturated rings. The summed E-state index contributed by atoms with van der Waals surface area (Å²) in [5.74, 6) is -0.268. The Morgan fingerprint density at radius 1 is 1.59 bits per heavy atom. The average molecular weight is 243 g/mol. The van der Waals surface area contributed by atoms with Gasteiger partial charge >= 0.3 is 5.97 Å². The normalized spacial score (nSPS) is 27.2. The maximum absolute atomic E-state index is 11.6. The first kappa shape index (κ1) is 14.5. The Labute approximate surface area is 104 Å². The van der Waals surface area contributed by atoms with Gasteiger partial charge in [-0.1, -0.05) is 20.3 Å². The Kier molecular flexibility index (Phi) is 5.40. The van der Waals surface area contributed by atoms with E-state index in [1.165, 1.54) is 0 Å². The summed E-state index contributed by atoms with van der Waals surface area (Å²) in [5, 5.41) is 9.54. The zero-order chi connectivity index (χ0) is 12.9. The Bertz CT molecular complexity index is 257. The van der Waals surface area contributed by atoms with Crippen molar-refractivity contribution < 1.29 is 14.6 Å². The van der Waals surface area contributed by atoms with Gasteiger partial charge in [-0.15, -0.1) is 0 Å². The fourth-order valence-corrected chi connectivity index (χ4v) is 2.96. The maximum atomic E-state index is 11.6. The zero-order valence-corrected chi connectivity index (χ0v) is 11.2. The highest BCUT2D eigenvalue weighted by Gasteiger charge is 2.46. The van der Waals surface area contributed by atoms with Crippen LogP contribution >= 0.6 is 0 Å². The molecule has 0 aromatic carbocycles. The third kappa shape index (κ3) is 3.19. The molecule has 0 aromatic heterocycles. The number of methoxy groups -OCH3 is 1. The summed E-state index contributed by atoms with van der Waals surface area (Å²) in [6.45, 7) is 6.58. The van der Waals surface area contributed by atoms with Crippen LogP contribution in [0.15, 0.2) is 0 Å². The van der Waals surface area contributed by atoms with E-state index in [2.05, 4.69) is 18.7 Å². The van der Waals surface area contributed by atoms with Gasteiger partial charge in [-0.3, -0.25) is 9.69 Å². The molecule has 0 amide bonds. The predicted octanol–water partition coefficient (Wildman–Crippen LogP) is 1.99. The predicted molar refractivity (Wildman–Crippen MR) is 67.1 cm³/mol. The third-order valence-electron chi connectivity index (χ3n) is 3.67. The Morgan fingerprint density at radius 3 is 2.82 bits per heavy atom. The summed E-state index contributed by atoms with van der Waals surface area (Å²) in [4.78, 5) is 13.7. The van der Waals surface area contributed by atoms with Crippen LogP contribution in [0.3, 0.4) is 0 Å². The topological polar surface area (TPSA) is 49.8 Å². The first-order valence-electron chi connectivity index (χ1n) is 6.54. The van der Waals surface area contributed by atoms with E-state index in [0.29, 0.717) is 12.5 Å². The van der Waals surface area contributed by atoms with E-state index in [9.17, 15) is 9.90 Å². The van der Waals surface area contributed by atoms with E-state index in [1.807, 2.05) is 0 Å². The Morgan fingerprint density at radius 2 is 2.29 bits per heavy atom. The minimum atomic E-state index is -0.651.